The number of amides is 2. The van der Waals surface area contributed by atoms with Gasteiger partial charge in [-0.15, -0.1) is 0 Å². The van der Waals surface area contributed by atoms with Gasteiger partial charge in [-0.05, 0) is 36.5 Å². The van der Waals surface area contributed by atoms with E-state index in [-0.39, 0.29) is 37.2 Å². The van der Waals surface area contributed by atoms with E-state index in [1.165, 1.54) is 16.5 Å². The van der Waals surface area contributed by atoms with Crippen molar-refractivity contribution >= 4 is 23.3 Å². The summed E-state index contributed by atoms with van der Waals surface area (Å²) in [6.07, 6.45) is -1.08. The molecule has 2 heterocycles. The zero-order chi connectivity index (χ0) is 20.3. The zero-order valence-electron chi connectivity index (χ0n) is 15.6. The van der Waals surface area contributed by atoms with Crippen LogP contribution in [0.1, 0.15) is 29.4 Å². The fourth-order valence-corrected chi connectivity index (χ4v) is 2.87. The molecule has 2 N–H and O–H groups in total. The van der Waals surface area contributed by atoms with Gasteiger partial charge in [-0.1, -0.05) is 4.68 Å². The molecule has 10 nitrogen and oxygen atoms in total. The van der Waals surface area contributed by atoms with E-state index >= 15 is 0 Å². The molecule has 0 radical (unpaired) electrons. The summed E-state index contributed by atoms with van der Waals surface area (Å²) in [6.45, 7) is 2.10. The number of morpholine rings is 1. The highest BCUT2D eigenvalue weighted by molar-refractivity contribution is 5.97. The molecule has 1 fully saturated rings. The van der Waals surface area contributed by atoms with Crippen LogP contribution in [0, 0.1) is 0 Å². The number of hydrogen-bond donors (Lipinski definition) is 2. The molecule has 148 valence electrons. The summed E-state index contributed by atoms with van der Waals surface area (Å²) in [5.41, 5.74) is 0.808. The number of ketones is 1. The monoisotopic (exact) mass is 389 g/mol. The van der Waals surface area contributed by atoms with Gasteiger partial charge in [0.25, 0.3) is 5.91 Å². The van der Waals surface area contributed by atoms with Crippen LogP contribution in [-0.4, -0.2) is 47.0 Å². The summed E-state index contributed by atoms with van der Waals surface area (Å²) in [6, 6.07) is 6.47. The number of Topliss-reactive ketones (excluding diaryl/α,β-unsaturated/α-hetero) is 1. The number of hydrogen-bond acceptors (Lipinski definition) is 6. The number of aryl methyl sites for hydroxylation is 1. The van der Waals surface area contributed by atoms with Crippen LogP contribution in [0.25, 0.3) is 0 Å². The van der Waals surface area contributed by atoms with Crippen LogP contribution in [0.3, 0.4) is 0 Å². The van der Waals surface area contributed by atoms with Crippen LogP contribution in [0.5, 0.6) is 0 Å². The Labute approximate surface area is 160 Å². The molecule has 0 spiro atoms. The van der Waals surface area contributed by atoms with Gasteiger partial charge in [0, 0.05) is 17.8 Å². The molecule has 0 bridgehead atoms. The van der Waals surface area contributed by atoms with E-state index in [1.54, 1.807) is 31.3 Å². The third-order valence-corrected chi connectivity index (χ3v) is 4.47. The number of aromatic amines is 1. The second-order valence-electron chi connectivity index (χ2n) is 6.49. The molecule has 2 amide bonds. The summed E-state index contributed by atoms with van der Waals surface area (Å²) < 4.78 is 11.5. The number of H-pyrrole nitrogens is 1. The molecule has 0 saturated carbocycles. The molecule has 10 heteroatoms. The summed E-state index contributed by atoms with van der Waals surface area (Å²) in [7, 11) is 1.60. The number of ether oxygens (including phenoxy) is 1. The van der Waals surface area contributed by atoms with E-state index in [1.807, 2.05) is 0 Å². The maximum absolute atomic E-state index is 12.6. The summed E-state index contributed by atoms with van der Waals surface area (Å²) in [4.78, 5) is 49.3. The number of carbonyl (C=O) groups excluding carboxylic acids is 3. The second-order valence-corrected chi connectivity index (χ2v) is 6.49. The van der Waals surface area contributed by atoms with Crippen LogP contribution < -0.4 is 15.6 Å². The topological polar surface area (TPSA) is 126 Å². The van der Waals surface area contributed by atoms with Crippen LogP contribution >= 0.6 is 0 Å². The van der Waals surface area contributed by atoms with E-state index in [2.05, 4.69) is 15.1 Å². The maximum atomic E-state index is 12.6. The lowest BCUT2D eigenvalue weighted by atomic mass is 10.1. The molecule has 1 aliphatic heterocycles. The van der Waals surface area contributed by atoms with Crippen molar-refractivity contribution in [3.8, 4) is 0 Å². The molecule has 1 aromatic carbocycles. The average Bonchev–Trinajstić information content (AvgIpc) is 2.97. The van der Waals surface area contributed by atoms with E-state index in [0.29, 0.717) is 23.5 Å². The Kier molecular flexibility index (Phi) is 5.69. The van der Waals surface area contributed by atoms with Crippen molar-refractivity contribution < 1.29 is 28.3 Å². The molecule has 1 saturated heterocycles. The van der Waals surface area contributed by atoms with Gasteiger partial charge in [-0.25, -0.2) is 4.79 Å². The summed E-state index contributed by atoms with van der Waals surface area (Å²) in [5.74, 6) is -0.819. The van der Waals surface area contributed by atoms with Crippen molar-refractivity contribution in [3.05, 3.63) is 45.9 Å². The first-order valence-corrected chi connectivity index (χ1v) is 8.73. The first-order chi connectivity index (χ1) is 13.3. The lowest BCUT2D eigenvalue weighted by Crippen LogP contribution is -2.50. The molecular formula is C18H21N4O6+. The van der Waals surface area contributed by atoms with Crippen molar-refractivity contribution in [2.45, 2.75) is 26.0 Å². The Morgan fingerprint density at radius 3 is 2.61 bits per heavy atom. The van der Waals surface area contributed by atoms with Gasteiger partial charge >= 0.3 is 11.3 Å². The van der Waals surface area contributed by atoms with Gasteiger partial charge in [0.1, 0.15) is 12.6 Å². The Hall–Kier alpha value is -3.27. The quantitative estimate of drug-likeness (QED) is 0.518. The van der Waals surface area contributed by atoms with Gasteiger partial charge in [-0.3, -0.25) is 18.9 Å². The van der Waals surface area contributed by atoms with Crippen LogP contribution in [0.15, 0.2) is 33.6 Å². The summed E-state index contributed by atoms with van der Waals surface area (Å²) in [5, 5.41) is 5.08. The van der Waals surface area contributed by atoms with E-state index in [4.69, 9.17) is 4.74 Å². The first kappa shape index (κ1) is 19.5. The number of benzene rings is 1. The Morgan fingerprint density at radius 1 is 1.29 bits per heavy atom. The number of nitrogens with zero attached hydrogens (tertiary/aromatic N) is 2. The standard InChI is InChI=1S/C18H20N4O6/c1-11(23)12-3-5-13(6-4-12)19-16(24)9-15-17(25)22(7-8-27-15)10-14-18(26)28-20-21(14)2/h3-6,15H,7-10H2,1-2H3,(H-,19,20,23,24,26)/p+1. The molecule has 1 atom stereocenters. The van der Waals surface area contributed by atoms with Gasteiger partial charge in [0.2, 0.25) is 5.91 Å². The first-order valence-electron chi connectivity index (χ1n) is 8.73. The minimum absolute atomic E-state index is 0.0646. The van der Waals surface area contributed by atoms with Gasteiger partial charge < -0.3 is 15.0 Å². The smallest absolute Gasteiger partial charge is 0.366 e. The van der Waals surface area contributed by atoms with Crippen LogP contribution in [0.4, 0.5) is 5.69 Å². The van der Waals surface area contributed by atoms with E-state index < -0.39 is 11.7 Å². The molecule has 1 aliphatic rings. The minimum Gasteiger partial charge on any atom is -0.366 e. The highest BCUT2D eigenvalue weighted by atomic mass is 16.5. The Bertz CT molecular complexity index is 946. The van der Waals surface area contributed by atoms with Crippen molar-refractivity contribution in [2.24, 2.45) is 7.05 Å². The molecule has 2 aromatic rings. The largest absolute Gasteiger partial charge is 0.431 e. The maximum Gasteiger partial charge on any atom is 0.431 e. The van der Waals surface area contributed by atoms with Gasteiger partial charge in [-0.2, -0.15) is 0 Å². The lowest BCUT2D eigenvalue weighted by molar-refractivity contribution is -0.746. The van der Waals surface area contributed by atoms with Gasteiger partial charge in [0.05, 0.1) is 13.0 Å². The number of carbonyl (C=O) groups is 3. The van der Waals surface area contributed by atoms with E-state index in [9.17, 15) is 19.2 Å². The molecule has 1 unspecified atom stereocenters. The zero-order valence-corrected chi connectivity index (χ0v) is 15.6. The molecule has 1 aromatic heterocycles. The lowest BCUT2D eigenvalue weighted by Gasteiger charge is -2.30. The second kappa shape index (κ2) is 8.17. The number of rotatable bonds is 6. The highest BCUT2D eigenvalue weighted by Crippen LogP contribution is 2.15. The molecule has 3 rings (SSSR count). The molecule has 0 aliphatic carbocycles. The molecule has 28 heavy (non-hydrogen) atoms. The average molecular weight is 389 g/mol. The SMILES string of the molecule is CC(=O)c1ccc(NC(=O)CC2OCCN(Cc3c(=O)o[nH][n+]3C)C2=O)cc1. The van der Waals surface area contributed by atoms with Crippen molar-refractivity contribution in [1.82, 2.24) is 10.2 Å². The van der Waals surface area contributed by atoms with E-state index in [0.717, 1.165) is 0 Å². The third-order valence-electron chi connectivity index (χ3n) is 4.47. The van der Waals surface area contributed by atoms with Crippen molar-refractivity contribution in [1.29, 1.82) is 0 Å². The Balaban J connectivity index is 1.60. The summed E-state index contributed by atoms with van der Waals surface area (Å²) >= 11 is 0. The fourth-order valence-electron chi connectivity index (χ4n) is 2.87. The van der Waals surface area contributed by atoms with Crippen LogP contribution in [-0.2, 0) is 27.9 Å². The minimum atomic E-state index is -0.929. The number of aromatic nitrogens is 2. The third kappa shape index (κ3) is 4.34. The number of nitrogens with one attached hydrogen (secondary N) is 2. The predicted molar refractivity (Wildman–Crippen MR) is 95.4 cm³/mol. The predicted octanol–water partition coefficient (Wildman–Crippen LogP) is -0.249. The molecular weight excluding hydrogens is 368 g/mol. The van der Waals surface area contributed by atoms with Gasteiger partial charge in [0.15, 0.2) is 12.8 Å². The normalized spacial score (nSPS) is 16.9. The van der Waals surface area contributed by atoms with Crippen molar-refractivity contribution in [2.75, 3.05) is 18.5 Å². The Morgan fingerprint density at radius 2 is 2.00 bits per heavy atom. The fraction of sp³-hybridized carbons (Fsp3) is 0.389. The van der Waals surface area contributed by atoms with Crippen LogP contribution in [0.2, 0.25) is 0 Å². The highest BCUT2D eigenvalue weighted by Gasteiger charge is 2.34. The number of anilines is 1. The van der Waals surface area contributed by atoms with Crippen molar-refractivity contribution in [3.63, 3.8) is 0 Å².